The summed E-state index contributed by atoms with van der Waals surface area (Å²) in [7, 11) is 0. The first kappa shape index (κ1) is 18.7. The second-order valence-electron chi connectivity index (χ2n) is 6.41. The van der Waals surface area contributed by atoms with Gasteiger partial charge in [0, 0.05) is 13.0 Å². The number of aliphatic hydroxyl groups is 1. The molecule has 7 heteroatoms. The fourth-order valence-electron chi connectivity index (χ4n) is 3.23. The van der Waals surface area contributed by atoms with Crippen LogP contribution < -0.4 is 0 Å². The van der Waals surface area contributed by atoms with Gasteiger partial charge in [-0.1, -0.05) is 30.3 Å². The SMILES string of the molecule is O=C(O)[C@@]1(Cc2ccccc2)CCN(CCCC(F)(F)F)C[C@@H]1O. The molecule has 1 heterocycles. The second kappa shape index (κ2) is 7.53. The minimum Gasteiger partial charge on any atom is -0.481 e. The van der Waals surface area contributed by atoms with Gasteiger partial charge in [-0.25, -0.2) is 0 Å². The van der Waals surface area contributed by atoms with Crippen molar-refractivity contribution >= 4 is 5.97 Å². The molecule has 0 saturated carbocycles. The van der Waals surface area contributed by atoms with Crippen LogP contribution >= 0.6 is 0 Å². The van der Waals surface area contributed by atoms with Crippen LogP contribution in [-0.4, -0.2) is 53.0 Å². The van der Waals surface area contributed by atoms with Crippen molar-refractivity contribution in [3.63, 3.8) is 0 Å². The van der Waals surface area contributed by atoms with E-state index in [1.807, 2.05) is 30.3 Å². The third-order valence-electron chi connectivity index (χ3n) is 4.67. The van der Waals surface area contributed by atoms with E-state index in [9.17, 15) is 28.2 Å². The summed E-state index contributed by atoms with van der Waals surface area (Å²) in [6, 6.07) is 9.07. The number of carboxylic acid groups (broad SMARTS) is 1. The van der Waals surface area contributed by atoms with Crippen molar-refractivity contribution in [3.8, 4) is 0 Å². The summed E-state index contributed by atoms with van der Waals surface area (Å²) in [5, 5.41) is 20.1. The van der Waals surface area contributed by atoms with Crippen molar-refractivity contribution in [1.82, 2.24) is 4.90 Å². The number of nitrogens with zero attached hydrogens (tertiary/aromatic N) is 1. The molecule has 24 heavy (non-hydrogen) atoms. The lowest BCUT2D eigenvalue weighted by molar-refractivity contribution is -0.163. The first-order valence-corrected chi connectivity index (χ1v) is 7.97. The second-order valence-corrected chi connectivity index (χ2v) is 6.41. The van der Waals surface area contributed by atoms with Gasteiger partial charge in [-0.2, -0.15) is 13.2 Å². The van der Waals surface area contributed by atoms with Crippen LogP contribution in [0.3, 0.4) is 0 Å². The number of benzene rings is 1. The Bertz CT molecular complexity index is 550. The summed E-state index contributed by atoms with van der Waals surface area (Å²) >= 11 is 0. The molecule has 1 aliphatic rings. The predicted octanol–water partition coefficient (Wildman–Crippen LogP) is 2.71. The highest BCUT2D eigenvalue weighted by Gasteiger charge is 2.48. The van der Waals surface area contributed by atoms with Crippen molar-refractivity contribution in [3.05, 3.63) is 35.9 Å². The summed E-state index contributed by atoms with van der Waals surface area (Å²) < 4.78 is 36.6. The molecule has 2 N–H and O–H groups in total. The summed E-state index contributed by atoms with van der Waals surface area (Å²) in [6.45, 7) is 0.655. The fourth-order valence-corrected chi connectivity index (χ4v) is 3.23. The third-order valence-corrected chi connectivity index (χ3v) is 4.67. The van der Waals surface area contributed by atoms with Gasteiger partial charge in [0.2, 0.25) is 0 Å². The number of β-amino-alcohol motifs (C(OH)–C–C–N with tert-alkyl or cyclic N) is 1. The third kappa shape index (κ3) is 4.70. The number of piperidine rings is 1. The maximum atomic E-state index is 12.2. The molecule has 0 aromatic heterocycles. The number of halogens is 3. The van der Waals surface area contributed by atoms with Gasteiger partial charge in [-0.05, 0) is 37.9 Å². The van der Waals surface area contributed by atoms with Gasteiger partial charge < -0.3 is 15.1 Å². The number of aliphatic hydroxyl groups excluding tert-OH is 1. The summed E-state index contributed by atoms with van der Waals surface area (Å²) in [5.41, 5.74) is -0.466. The van der Waals surface area contributed by atoms with Gasteiger partial charge in [0.1, 0.15) is 5.41 Å². The standard InChI is InChI=1S/C17H22F3NO3/c18-17(19,20)7-4-9-21-10-8-16(15(23)24,14(22)12-21)11-13-5-2-1-3-6-13/h1-3,5-6,14,22H,4,7-12H2,(H,23,24)/t14-,16+/m0/s1. The van der Waals surface area contributed by atoms with Crippen LogP contribution in [0.5, 0.6) is 0 Å². The molecule has 0 spiro atoms. The Balaban J connectivity index is 1.99. The Labute approximate surface area is 138 Å². The smallest absolute Gasteiger partial charge is 0.389 e. The quantitative estimate of drug-likeness (QED) is 0.832. The number of carbonyl (C=O) groups is 1. The average Bonchev–Trinajstić information content (AvgIpc) is 2.49. The van der Waals surface area contributed by atoms with E-state index in [2.05, 4.69) is 0 Å². The van der Waals surface area contributed by atoms with Crippen molar-refractivity contribution < 1.29 is 28.2 Å². The minimum absolute atomic E-state index is 0.0467. The molecule has 0 amide bonds. The monoisotopic (exact) mass is 345 g/mol. The molecule has 1 aliphatic heterocycles. The number of hydrogen-bond donors (Lipinski definition) is 2. The van der Waals surface area contributed by atoms with Crippen LogP contribution in [-0.2, 0) is 11.2 Å². The van der Waals surface area contributed by atoms with Crippen molar-refractivity contribution in [2.75, 3.05) is 19.6 Å². The maximum absolute atomic E-state index is 12.2. The lowest BCUT2D eigenvalue weighted by atomic mass is 9.71. The lowest BCUT2D eigenvalue weighted by Crippen LogP contribution is -2.56. The largest absolute Gasteiger partial charge is 0.481 e. The molecular weight excluding hydrogens is 323 g/mol. The number of carboxylic acids is 1. The molecular formula is C17H22F3NO3. The molecule has 1 aromatic carbocycles. The fraction of sp³-hybridized carbons (Fsp3) is 0.588. The van der Waals surface area contributed by atoms with Crippen LogP contribution in [0.25, 0.3) is 0 Å². The number of aliphatic carboxylic acids is 1. The molecule has 2 atom stereocenters. The van der Waals surface area contributed by atoms with Gasteiger partial charge in [0.05, 0.1) is 6.10 Å². The normalized spacial score (nSPS) is 25.6. The van der Waals surface area contributed by atoms with Crippen molar-refractivity contribution in [2.45, 2.75) is 38.0 Å². The van der Waals surface area contributed by atoms with Gasteiger partial charge in [0.25, 0.3) is 0 Å². The van der Waals surface area contributed by atoms with Crippen LogP contribution in [0.2, 0.25) is 0 Å². The summed E-state index contributed by atoms with van der Waals surface area (Å²) in [4.78, 5) is 13.5. The van der Waals surface area contributed by atoms with E-state index in [0.29, 0.717) is 6.54 Å². The molecule has 0 unspecified atom stereocenters. The molecule has 4 nitrogen and oxygen atoms in total. The van der Waals surface area contributed by atoms with Crippen LogP contribution in [0.15, 0.2) is 30.3 Å². The molecule has 0 aliphatic carbocycles. The van der Waals surface area contributed by atoms with E-state index < -0.39 is 30.1 Å². The molecule has 134 valence electrons. The van der Waals surface area contributed by atoms with Crippen molar-refractivity contribution in [2.24, 2.45) is 5.41 Å². The highest BCUT2D eigenvalue weighted by atomic mass is 19.4. The van der Waals surface area contributed by atoms with E-state index in [-0.39, 0.29) is 32.4 Å². The Morgan fingerprint density at radius 1 is 1.29 bits per heavy atom. The molecule has 0 radical (unpaired) electrons. The summed E-state index contributed by atoms with van der Waals surface area (Å²) in [6.07, 6.45) is -5.80. The van der Waals surface area contributed by atoms with Crippen molar-refractivity contribution in [1.29, 1.82) is 0 Å². The Morgan fingerprint density at radius 3 is 2.50 bits per heavy atom. The molecule has 1 fully saturated rings. The van der Waals surface area contributed by atoms with Gasteiger partial charge in [0.15, 0.2) is 0 Å². The van der Waals surface area contributed by atoms with Gasteiger partial charge >= 0.3 is 12.1 Å². The molecule has 1 saturated heterocycles. The van der Waals surface area contributed by atoms with E-state index >= 15 is 0 Å². The predicted molar refractivity (Wildman–Crippen MR) is 82.6 cm³/mol. The first-order chi connectivity index (χ1) is 11.2. The number of rotatable bonds is 6. The molecule has 0 bridgehead atoms. The highest BCUT2D eigenvalue weighted by Crippen LogP contribution is 2.36. The highest BCUT2D eigenvalue weighted by molar-refractivity contribution is 5.76. The van der Waals surface area contributed by atoms with E-state index in [1.165, 1.54) is 0 Å². The first-order valence-electron chi connectivity index (χ1n) is 7.97. The van der Waals surface area contributed by atoms with E-state index in [4.69, 9.17) is 0 Å². The Morgan fingerprint density at radius 2 is 1.96 bits per heavy atom. The maximum Gasteiger partial charge on any atom is 0.389 e. The topological polar surface area (TPSA) is 60.8 Å². The number of likely N-dealkylation sites (tertiary alicyclic amines) is 1. The molecule has 2 rings (SSSR count). The zero-order chi connectivity index (χ0) is 17.8. The molecule has 1 aromatic rings. The summed E-state index contributed by atoms with van der Waals surface area (Å²) in [5.74, 6) is -1.06. The van der Waals surface area contributed by atoms with Crippen LogP contribution in [0.4, 0.5) is 13.2 Å². The minimum atomic E-state index is -4.19. The number of hydrogen-bond acceptors (Lipinski definition) is 3. The average molecular weight is 345 g/mol. The number of alkyl halides is 3. The van der Waals surface area contributed by atoms with Gasteiger partial charge in [-0.3, -0.25) is 4.79 Å². The zero-order valence-corrected chi connectivity index (χ0v) is 13.3. The van der Waals surface area contributed by atoms with E-state index in [1.54, 1.807) is 4.90 Å². The Kier molecular flexibility index (Phi) is 5.87. The Hall–Kier alpha value is -1.60. The zero-order valence-electron chi connectivity index (χ0n) is 13.3. The van der Waals surface area contributed by atoms with Crippen LogP contribution in [0, 0.1) is 5.41 Å². The van der Waals surface area contributed by atoms with Gasteiger partial charge in [-0.15, -0.1) is 0 Å². The van der Waals surface area contributed by atoms with E-state index in [0.717, 1.165) is 5.56 Å². The van der Waals surface area contributed by atoms with Crippen LogP contribution in [0.1, 0.15) is 24.8 Å². The lowest BCUT2D eigenvalue weighted by Gasteiger charge is -2.43.